The molecule has 5 heteroatoms. The van der Waals surface area contributed by atoms with Gasteiger partial charge in [0.2, 0.25) is 0 Å². The monoisotopic (exact) mass is 369 g/mol. The van der Waals surface area contributed by atoms with Gasteiger partial charge in [-0.1, -0.05) is 24.3 Å². The van der Waals surface area contributed by atoms with Gasteiger partial charge in [0.1, 0.15) is 11.3 Å². The van der Waals surface area contributed by atoms with Crippen LogP contribution in [0.25, 0.3) is 11.0 Å². The second kappa shape index (κ2) is 8.46. The summed E-state index contributed by atoms with van der Waals surface area (Å²) < 4.78 is 16.6. The quantitative estimate of drug-likeness (QED) is 0.647. The van der Waals surface area contributed by atoms with Crippen LogP contribution >= 0.6 is 0 Å². The lowest BCUT2D eigenvalue weighted by Crippen LogP contribution is -2.30. The Morgan fingerprint density at radius 2 is 1.78 bits per heavy atom. The predicted molar refractivity (Wildman–Crippen MR) is 106 cm³/mol. The second-order valence-corrected chi connectivity index (χ2v) is 6.84. The topological polar surface area (TPSA) is 55.1 Å². The van der Waals surface area contributed by atoms with Gasteiger partial charge in [-0.15, -0.1) is 0 Å². The number of aryl methyl sites for hydroxylation is 1. The van der Waals surface area contributed by atoms with Crippen LogP contribution in [0, 0.1) is 6.92 Å². The zero-order chi connectivity index (χ0) is 19.4. The number of aliphatic hydroxyl groups is 1. The van der Waals surface area contributed by atoms with Gasteiger partial charge in [0.05, 0.1) is 20.3 Å². The van der Waals surface area contributed by atoms with Gasteiger partial charge in [0.15, 0.2) is 11.5 Å². The molecule has 0 aliphatic carbocycles. The third-order valence-electron chi connectivity index (χ3n) is 4.66. The molecule has 5 nitrogen and oxygen atoms in total. The average molecular weight is 369 g/mol. The van der Waals surface area contributed by atoms with Gasteiger partial charge >= 0.3 is 0 Å². The molecule has 27 heavy (non-hydrogen) atoms. The van der Waals surface area contributed by atoms with Gasteiger partial charge in [0, 0.05) is 30.6 Å². The van der Waals surface area contributed by atoms with Gasteiger partial charge in [-0.3, -0.25) is 4.90 Å². The van der Waals surface area contributed by atoms with Crippen LogP contribution in [0.4, 0.5) is 0 Å². The number of para-hydroxylation sites is 1. The lowest BCUT2D eigenvalue weighted by molar-refractivity contribution is 0.118. The van der Waals surface area contributed by atoms with Gasteiger partial charge in [0.25, 0.3) is 0 Å². The first-order valence-corrected chi connectivity index (χ1v) is 9.10. The van der Waals surface area contributed by atoms with Crippen molar-refractivity contribution in [3.63, 3.8) is 0 Å². The van der Waals surface area contributed by atoms with E-state index in [-0.39, 0.29) is 0 Å². The number of ether oxygens (including phenoxy) is 2. The van der Waals surface area contributed by atoms with Gasteiger partial charge in [-0.05, 0) is 37.6 Å². The molecule has 0 aliphatic heterocycles. The Labute approximate surface area is 160 Å². The van der Waals surface area contributed by atoms with E-state index in [0.29, 0.717) is 31.1 Å². The predicted octanol–water partition coefficient (Wildman–Crippen LogP) is 4.14. The van der Waals surface area contributed by atoms with Crippen LogP contribution in [-0.2, 0) is 13.1 Å². The van der Waals surface area contributed by atoms with Crippen LogP contribution in [0.3, 0.4) is 0 Å². The molecule has 1 unspecified atom stereocenters. The van der Waals surface area contributed by atoms with Crippen LogP contribution in [0.1, 0.15) is 23.8 Å². The third kappa shape index (κ3) is 4.43. The van der Waals surface area contributed by atoms with Gasteiger partial charge < -0.3 is 19.0 Å². The first kappa shape index (κ1) is 19.3. The Bertz CT molecular complexity index is 900. The molecule has 3 aromatic rings. The summed E-state index contributed by atoms with van der Waals surface area (Å²) in [4.78, 5) is 2.22. The molecular weight excluding hydrogens is 342 g/mol. The molecule has 3 rings (SSSR count). The smallest absolute Gasteiger partial charge is 0.161 e. The molecule has 144 valence electrons. The fraction of sp³-hybridized carbons (Fsp3) is 0.364. The normalized spacial score (nSPS) is 12.5. The molecule has 0 aliphatic rings. The Kier molecular flexibility index (Phi) is 6.04. The average Bonchev–Trinajstić information content (AvgIpc) is 2.96. The fourth-order valence-electron chi connectivity index (χ4n) is 3.44. The minimum atomic E-state index is -0.427. The highest BCUT2D eigenvalue weighted by Crippen LogP contribution is 2.30. The summed E-state index contributed by atoms with van der Waals surface area (Å²) in [5, 5.41) is 11.1. The number of hydrogen-bond donors (Lipinski definition) is 1. The molecule has 0 fully saturated rings. The number of aliphatic hydroxyl groups excluding tert-OH is 1. The van der Waals surface area contributed by atoms with E-state index in [2.05, 4.69) is 11.0 Å². The van der Waals surface area contributed by atoms with E-state index in [1.807, 2.05) is 50.2 Å². The fourth-order valence-corrected chi connectivity index (χ4v) is 3.44. The molecule has 0 saturated carbocycles. The van der Waals surface area contributed by atoms with Gasteiger partial charge in [-0.25, -0.2) is 0 Å². The minimum Gasteiger partial charge on any atom is -0.493 e. The highest BCUT2D eigenvalue weighted by Gasteiger charge is 2.17. The van der Waals surface area contributed by atoms with Crippen LogP contribution < -0.4 is 9.47 Å². The SMILES string of the molecule is COc1ccc(CN(Cc2c(C)oc3ccccc23)CC(C)O)cc1OC. The molecule has 0 spiro atoms. The molecule has 0 radical (unpaired) electrons. The number of benzene rings is 2. The van der Waals surface area contributed by atoms with E-state index >= 15 is 0 Å². The molecular formula is C22H27NO4. The van der Waals surface area contributed by atoms with Crippen LogP contribution in [0.2, 0.25) is 0 Å². The standard InChI is InChI=1S/C22H27NO4/c1-15(24)12-23(13-17-9-10-21(25-3)22(11-17)26-4)14-19-16(2)27-20-8-6-5-7-18(19)20/h5-11,15,24H,12-14H2,1-4H3. The second-order valence-electron chi connectivity index (χ2n) is 6.84. The molecule has 0 saturated heterocycles. The number of methoxy groups -OCH3 is 2. The van der Waals surface area contributed by atoms with E-state index in [1.54, 1.807) is 14.2 Å². The van der Waals surface area contributed by atoms with Crippen LogP contribution in [-0.4, -0.2) is 36.9 Å². The Morgan fingerprint density at radius 3 is 2.48 bits per heavy atom. The highest BCUT2D eigenvalue weighted by molar-refractivity contribution is 5.82. The van der Waals surface area contributed by atoms with Crippen molar-refractivity contribution in [1.82, 2.24) is 4.90 Å². The molecule has 1 N–H and O–H groups in total. The maximum atomic E-state index is 9.99. The van der Waals surface area contributed by atoms with Crippen molar-refractivity contribution in [2.45, 2.75) is 33.0 Å². The van der Waals surface area contributed by atoms with Crippen molar-refractivity contribution in [3.05, 3.63) is 59.4 Å². The molecule has 1 aromatic heterocycles. The molecule has 1 atom stereocenters. The van der Waals surface area contributed by atoms with Gasteiger partial charge in [-0.2, -0.15) is 0 Å². The summed E-state index contributed by atoms with van der Waals surface area (Å²) in [5.41, 5.74) is 3.15. The van der Waals surface area contributed by atoms with E-state index in [0.717, 1.165) is 27.9 Å². The van der Waals surface area contributed by atoms with Crippen molar-refractivity contribution in [3.8, 4) is 11.5 Å². The highest BCUT2D eigenvalue weighted by atomic mass is 16.5. The van der Waals surface area contributed by atoms with Crippen molar-refractivity contribution < 1.29 is 19.0 Å². The number of hydrogen-bond acceptors (Lipinski definition) is 5. The Balaban J connectivity index is 1.87. The number of nitrogens with zero attached hydrogens (tertiary/aromatic N) is 1. The molecule has 2 aromatic carbocycles. The van der Waals surface area contributed by atoms with Crippen molar-refractivity contribution >= 4 is 11.0 Å². The van der Waals surface area contributed by atoms with Crippen molar-refractivity contribution in [2.75, 3.05) is 20.8 Å². The summed E-state index contributed by atoms with van der Waals surface area (Å²) in [5.74, 6) is 2.33. The lowest BCUT2D eigenvalue weighted by Gasteiger charge is -2.24. The van der Waals surface area contributed by atoms with E-state index in [9.17, 15) is 5.11 Å². The Hall–Kier alpha value is -2.50. The number of furan rings is 1. The molecule has 0 amide bonds. The summed E-state index contributed by atoms with van der Waals surface area (Å²) in [6.07, 6.45) is -0.427. The van der Waals surface area contributed by atoms with Crippen molar-refractivity contribution in [1.29, 1.82) is 0 Å². The van der Waals surface area contributed by atoms with E-state index < -0.39 is 6.10 Å². The first-order valence-electron chi connectivity index (χ1n) is 9.10. The summed E-state index contributed by atoms with van der Waals surface area (Å²) in [6, 6.07) is 14.0. The summed E-state index contributed by atoms with van der Waals surface area (Å²) >= 11 is 0. The third-order valence-corrected chi connectivity index (χ3v) is 4.66. The zero-order valence-corrected chi connectivity index (χ0v) is 16.4. The first-order chi connectivity index (χ1) is 13.0. The molecule has 0 bridgehead atoms. The zero-order valence-electron chi connectivity index (χ0n) is 16.4. The maximum absolute atomic E-state index is 9.99. The maximum Gasteiger partial charge on any atom is 0.161 e. The van der Waals surface area contributed by atoms with Crippen LogP contribution in [0.5, 0.6) is 11.5 Å². The van der Waals surface area contributed by atoms with Crippen LogP contribution in [0.15, 0.2) is 46.9 Å². The molecule has 1 heterocycles. The largest absolute Gasteiger partial charge is 0.493 e. The Morgan fingerprint density at radius 1 is 1.04 bits per heavy atom. The van der Waals surface area contributed by atoms with Crippen molar-refractivity contribution in [2.24, 2.45) is 0 Å². The van der Waals surface area contributed by atoms with E-state index in [4.69, 9.17) is 13.9 Å². The minimum absolute atomic E-state index is 0.427. The number of fused-ring (bicyclic) bond motifs is 1. The lowest BCUT2D eigenvalue weighted by atomic mass is 10.1. The summed E-state index contributed by atoms with van der Waals surface area (Å²) in [7, 11) is 3.26. The van der Waals surface area contributed by atoms with E-state index in [1.165, 1.54) is 0 Å². The number of rotatable bonds is 8. The summed E-state index contributed by atoms with van der Waals surface area (Å²) in [6.45, 7) is 5.74.